The molecule has 0 aromatic carbocycles. The molecule has 0 radical (unpaired) electrons. The van der Waals surface area contributed by atoms with E-state index in [2.05, 4.69) is 4.98 Å². The van der Waals surface area contributed by atoms with Gasteiger partial charge in [-0.3, -0.25) is 4.79 Å². The number of Topliss-reactive ketones (excluding diaryl/α,β-unsaturated/α-hetero) is 1. The van der Waals surface area contributed by atoms with Crippen LogP contribution in [0.3, 0.4) is 0 Å². The maximum Gasteiger partial charge on any atom is 0.179 e. The minimum absolute atomic E-state index is 0.231. The van der Waals surface area contributed by atoms with Crippen LogP contribution in [0.4, 0.5) is 0 Å². The van der Waals surface area contributed by atoms with E-state index in [9.17, 15) is 4.79 Å². The number of H-pyrrole nitrogens is 1. The second-order valence-corrected chi connectivity index (χ2v) is 5.45. The van der Waals surface area contributed by atoms with Gasteiger partial charge < -0.3 is 9.40 Å². The molecule has 104 valence electrons. The van der Waals surface area contributed by atoms with Gasteiger partial charge in [0.15, 0.2) is 5.78 Å². The number of aromatic amines is 1. The summed E-state index contributed by atoms with van der Waals surface area (Å²) in [5, 5.41) is 0. The summed E-state index contributed by atoms with van der Waals surface area (Å²) >= 11 is 0. The van der Waals surface area contributed by atoms with Crippen molar-refractivity contribution in [3.05, 3.63) is 47.7 Å². The predicted octanol–water partition coefficient (Wildman–Crippen LogP) is 4.54. The van der Waals surface area contributed by atoms with Gasteiger partial charge in [-0.25, -0.2) is 0 Å². The standard InChI is InChI=1S/C17H19NO2/c19-17(12-13-4-1-2-5-13)16-10-8-14(18-16)7-9-15-6-3-11-20-15/h3,6-11,13,18H,1-2,4-5,12H2/b9-7+. The van der Waals surface area contributed by atoms with Crippen molar-refractivity contribution in [3.63, 3.8) is 0 Å². The summed E-state index contributed by atoms with van der Waals surface area (Å²) in [7, 11) is 0. The molecule has 3 heteroatoms. The van der Waals surface area contributed by atoms with Crippen LogP contribution in [0.25, 0.3) is 12.2 Å². The van der Waals surface area contributed by atoms with Crippen molar-refractivity contribution in [2.45, 2.75) is 32.1 Å². The Labute approximate surface area is 118 Å². The predicted molar refractivity (Wildman–Crippen MR) is 79.3 cm³/mol. The fourth-order valence-electron chi connectivity index (χ4n) is 2.82. The van der Waals surface area contributed by atoms with Crippen molar-refractivity contribution in [2.24, 2.45) is 5.92 Å². The zero-order valence-electron chi connectivity index (χ0n) is 11.5. The number of carbonyl (C=O) groups excluding carboxylic acids is 1. The second-order valence-electron chi connectivity index (χ2n) is 5.45. The first-order chi connectivity index (χ1) is 9.81. The molecule has 0 atom stereocenters. The highest BCUT2D eigenvalue weighted by atomic mass is 16.3. The molecule has 2 heterocycles. The van der Waals surface area contributed by atoms with Gasteiger partial charge in [-0.05, 0) is 42.3 Å². The zero-order chi connectivity index (χ0) is 13.8. The number of rotatable bonds is 5. The molecule has 20 heavy (non-hydrogen) atoms. The highest BCUT2D eigenvalue weighted by Gasteiger charge is 2.19. The van der Waals surface area contributed by atoms with Crippen LogP contribution in [-0.4, -0.2) is 10.8 Å². The molecular weight excluding hydrogens is 250 g/mol. The van der Waals surface area contributed by atoms with Gasteiger partial charge in [-0.1, -0.05) is 25.7 Å². The number of furan rings is 1. The van der Waals surface area contributed by atoms with E-state index >= 15 is 0 Å². The van der Waals surface area contributed by atoms with E-state index in [0.29, 0.717) is 12.3 Å². The molecule has 1 fully saturated rings. The highest BCUT2D eigenvalue weighted by molar-refractivity contribution is 5.95. The molecule has 0 saturated heterocycles. The molecule has 1 saturated carbocycles. The molecule has 1 aliphatic rings. The summed E-state index contributed by atoms with van der Waals surface area (Å²) in [5.74, 6) is 1.63. The summed E-state index contributed by atoms with van der Waals surface area (Å²) in [5.41, 5.74) is 1.65. The third-order valence-corrected chi connectivity index (χ3v) is 3.93. The number of aromatic nitrogens is 1. The maximum absolute atomic E-state index is 12.2. The number of ketones is 1. The number of hydrogen-bond acceptors (Lipinski definition) is 2. The quantitative estimate of drug-likeness (QED) is 0.810. The Hall–Kier alpha value is -2.03. The minimum Gasteiger partial charge on any atom is -0.465 e. The molecule has 2 aromatic heterocycles. The second kappa shape index (κ2) is 5.95. The third kappa shape index (κ3) is 3.10. The van der Waals surface area contributed by atoms with Gasteiger partial charge in [-0.15, -0.1) is 0 Å². The van der Waals surface area contributed by atoms with E-state index in [1.165, 1.54) is 25.7 Å². The molecule has 0 bridgehead atoms. The van der Waals surface area contributed by atoms with E-state index in [0.717, 1.165) is 17.1 Å². The van der Waals surface area contributed by atoms with Crippen molar-refractivity contribution < 1.29 is 9.21 Å². The van der Waals surface area contributed by atoms with Crippen LogP contribution in [0, 0.1) is 5.92 Å². The lowest BCUT2D eigenvalue weighted by atomic mass is 10.00. The van der Waals surface area contributed by atoms with Crippen molar-refractivity contribution in [1.82, 2.24) is 4.98 Å². The summed E-state index contributed by atoms with van der Waals surface area (Å²) in [6, 6.07) is 7.55. The Balaban J connectivity index is 1.62. The minimum atomic E-state index is 0.231. The molecule has 1 aliphatic carbocycles. The first kappa shape index (κ1) is 13.0. The van der Waals surface area contributed by atoms with Crippen LogP contribution < -0.4 is 0 Å². The van der Waals surface area contributed by atoms with Gasteiger partial charge in [0.05, 0.1) is 12.0 Å². The number of carbonyl (C=O) groups is 1. The van der Waals surface area contributed by atoms with Crippen molar-refractivity contribution in [3.8, 4) is 0 Å². The van der Waals surface area contributed by atoms with Crippen molar-refractivity contribution in [2.75, 3.05) is 0 Å². The summed E-state index contributed by atoms with van der Waals surface area (Å²) < 4.78 is 5.23. The summed E-state index contributed by atoms with van der Waals surface area (Å²) in [4.78, 5) is 15.3. The molecule has 0 spiro atoms. The molecule has 3 nitrogen and oxygen atoms in total. The topological polar surface area (TPSA) is 46.0 Å². The van der Waals surface area contributed by atoms with E-state index in [4.69, 9.17) is 4.42 Å². The fraction of sp³-hybridized carbons (Fsp3) is 0.353. The molecule has 3 rings (SSSR count). The van der Waals surface area contributed by atoms with E-state index < -0.39 is 0 Å². The van der Waals surface area contributed by atoms with Gasteiger partial charge in [0, 0.05) is 12.1 Å². The lowest BCUT2D eigenvalue weighted by Gasteiger charge is -2.05. The third-order valence-electron chi connectivity index (χ3n) is 3.93. The monoisotopic (exact) mass is 269 g/mol. The zero-order valence-corrected chi connectivity index (χ0v) is 11.5. The van der Waals surface area contributed by atoms with E-state index in [1.807, 2.05) is 36.4 Å². The Morgan fingerprint density at radius 2 is 2.10 bits per heavy atom. The number of nitrogens with one attached hydrogen (secondary N) is 1. The van der Waals surface area contributed by atoms with Crippen LogP contribution in [0.1, 0.15) is 54.0 Å². The largest absolute Gasteiger partial charge is 0.465 e. The normalized spacial score (nSPS) is 16.2. The Kier molecular flexibility index (Phi) is 3.86. The summed E-state index contributed by atoms with van der Waals surface area (Å²) in [6.45, 7) is 0. The van der Waals surface area contributed by atoms with Gasteiger partial charge in [0.25, 0.3) is 0 Å². The lowest BCUT2D eigenvalue weighted by Crippen LogP contribution is -2.06. The average Bonchev–Trinajstić information content (AvgIpc) is 3.19. The van der Waals surface area contributed by atoms with Gasteiger partial charge >= 0.3 is 0 Å². The van der Waals surface area contributed by atoms with Crippen LogP contribution in [-0.2, 0) is 0 Å². The molecule has 2 aromatic rings. The highest BCUT2D eigenvalue weighted by Crippen LogP contribution is 2.28. The van der Waals surface area contributed by atoms with Crippen LogP contribution in [0.2, 0.25) is 0 Å². The van der Waals surface area contributed by atoms with Crippen molar-refractivity contribution >= 4 is 17.9 Å². The summed E-state index contributed by atoms with van der Waals surface area (Å²) in [6.07, 6.45) is 11.1. The van der Waals surface area contributed by atoms with Crippen LogP contribution >= 0.6 is 0 Å². The Morgan fingerprint density at radius 3 is 2.85 bits per heavy atom. The molecular formula is C17H19NO2. The SMILES string of the molecule is O=C(CC1CCCC1)c1ccc(/C=C/c2ccco2)[nH]1. The average molecular weight is 269 g/mol. The van der Waals surface area contributed by atoms with E-state index in [1.54, 1.807) is 6.26 Å². The maximum atomic E-state index is 12.2. The smallest absolute Gasteiger partial charge is 0.179 e. The number of hydrogen-bond donors (Lipinski definition) is 1. The van der Waals surface area contributed by atoms with Gasteiger partial charge in [0.2, 0.25) is 0 Å². The van der Waals surface area contributed by atoms with Crippen LogP contribution in [0.15, 0.2) is 34.9 Å². The molecule has 0 unspecified atom stereocenters. The van der Waals surface area contributed by atoms with Crippen LogP contribution in [0.5, 0.6) is 0 Å². The fourth-order valence-corrected chi connectivity index (χ4v) is 2.82. The Morgan fingerprint density at radius 1 is 1.25 bits per heavy atom. The lowest BCUT2D eigenvalue weighted by molar-refractivity contribution is 0.0958. The van der Waals surface area contributed by atoms with Gasteiger partial charge in [0.1, 0.15) is 5.76 Å². The molecule has 0 amide bonds. The van der Waals surface area contributed by atoms with Crippen molar-refractivity contribution in [1.29, 1.82) is 0 Å². The first-order valence-corrected chi connectivity index (χ1v) is 7.25. The van der Waals surface area contributed by atoms with Gasteiger partial charge in [-0.2, -0.15) is 0 Å². The van der Waals surface area contributed by atoms with E-state index in [-0.39, 0.29) is 5.78 Å². The molecule has 1 N–H and O–H groups in total. The molecule has 0 aliphatic heterocycles. The first-order valence-electron chi connectivity index (χ1n) is 7.25. The Bertz CT molecular complexity index is 586.